The van der Waals surface area contributed by atoms with Crippen LogP contribution in [0.3, 0.4) is 0 Å². The lowest BCUT2D eigenvalue weighted by Crippen LogP contribution is -2.30. The van der Waals surface area contributed by atoms with Crippen molar-refractivity contribution < 1.29 is 14.6 Å². The SMILES string of the molecule is O=C(O)c1ccc(-c2cn3cc(-c4ccc(OCCCCN5CCCCC5)cc4)sc3n2)cc1. The minimum Gasteiger partial charge on any atom is -0.494 e. The number of carboxylic acid groups (broad SMARTS) is 1. The molecule has 1 aliphatic rings. The van der Waals surface area contributed by atoms with Crippen LogP contribution in [0.15, 0.2) is 60.9 Å². The minimum atomic E-state index is -0.925. The lowest BCUT2D eigenvalue weighted by atomic mass is 10.1. The molecule has 34 heavy (non-hydrogen) atoms. The monoisotopic (exact) mass is 475 g/mol. The number of piperidine rings is 1. The highest BCUT2D eigenvalue weighted by Crippen LogP contribution is 2.31. The summed E-state index contributed by atoms with van der Waals surface area (Å²) in [5.74, 6) is -0.0126. The predicted octanol–water partition coefficient (Wildman–Crippen LogP) is 6.07. The predicted molar refractivity (Wildman–Crippen MR) is 136 cm³/mol. The number of ether oxygens (including phenoxy) is 1. The van der Waals surface area contributed by atoms with Gasteiger partial charge in [0.2, 0.25) is 0 Å². The Hall–Kier alpha value is -3.16. The molecular weight excluding hydrogens is 446 g/mol. The van der Waals surface area contributed by atoms with Crippen LogP contribution in [0.4, 0.5) is 0 Å². The second-order valence-corrected chi connectivity index (χ2v) is 9.79. The molecule has 0 bridgehead atoms. The smallest absolute Gasteiger partial charge is 0.335 e. The molecule has 0 aliphatic carbocycles. The molecule has 176 valence electrons. The highest BCUT2D eigenvalue weighted by atomic mass is 32.1. The average molecular weight is 476 g/mol. The third-order valence-electron chi connectivity index (χ3n) is 6.31. The molecule has 0 saturated carbocycles. The Morgan fingerprint density at radius 2 is 1.68 bits per heavy atom. The van der Waals surface area contributed by atoms with Gasteiger partial charge in [-0.05, 0) is 87.3 Å². The van der Waals surface area contributed by atoms with Crippen molar-refractivity contribution in [1.82, 2.24) is 14.3 Å². The standard InChI is InChI=1S/C27H29N3O3S/c31-26(32)22-8-6-20(7-9-22)24-18-30-19-25(34-27(30)28-24)21-10-12-23(13-11-21)33-17-5-4-16-29-14-2-1-3-15-29/h6-13,18-19H,1-5,14-17H2,(H,31,32). The number of thiazole rings is 1. The van der Waals surface area contributed by atoms with Gasteiger partial charge in [-0.1, -0.05) is 29.9 Å². The molecule has 1 N–H and O–H groups in total. The summed E-state index contributed by atoms with van der Waals surface area (Å²) in [7, 11) is 0. The molecule has 2 aromatic carbocycles. The number of fused-ring (bicyclic) bond motifs is 1. The zero-order valence-corrected chi connectivity index (χ0v) is 20.0. The van der Waals surface area contributed by atoms with Gasteiger partial charge < -0.3 is 14.7 Å². The second-order valence-electron chi connectivity index (χ2n) is 8.78. The summed E-state index contributed by atoms with van der Waals surface area (Å²) in [6, 6.07) is 15.1. The second kappa shape index (κ2) is 10.4. The van der Waals surface area contributed by atoms with E-state index in [1.165, 1.54) is 45.3 Å². The van der Waals surface area contributed by atoms with Crippen LogP contribution in [-0.2, 0) is 0 Å². The Morgan fingerprint density at radius 1 is 0.941 bits per heavy atom. The molecule has 3 heterocycles. The van der Waals surface area contributed by atoms with E-state index in [2.05, 4.69) is 23.2 Å². The lowest BCUT2D eigenvalue weighted by molar-refractivity contribution is 0.0697. The van der Waals surface area contributed by atoms with Crippen LogP contribution in [0, 0.1) is 0 Å². The molecule has 1 aliphatic heterocycles. The molecule has 0 atom stereocenters. The average Bonchev–Trinajstić information content (AvgIpc) is 3.45. The van der Waals surface area contributed by atoms with Gasteiger partial charge in [0.25, 0.3) is 0 Å². The molecule has 0 radical (unpaired) electrons. The molecule has 0 unspecified atom stereocenters. The molecule has 1 saturated heterocycles. The fraction of sp³-hybridized carbons (Fsp3) is 0.333. The van der Waals surface area contributed by atoms with Crippen molar-refractivity contribution in [3.63, 3.8) is 0 Å². The first-order valence-electron chi connectivity index (χ1n) is 11.9. The molecule has 1 fully saturated rings. The number of carbonyl (C=O) groups is 1. The third kappa shape index (κ3) is 5.32. The maximum absolute atomic E-state index is 11.0. The lowest BCUT2D eigenvalue weighted by Gasteiger charge is -2.26. The summed E-state index contributed by atoms with van der Waals surface area (Å²) in [6.45, 7) is 4.47. The molecule has 0 spiro atoms. The number of rotatable bonds is 9. The van der Waals surface area contributed by atoms with Crippen molar-refractivity contribution in [2.75, 3.05) is 26.2 Å². The number of hydrogen-bond acceptors (Lipinski definition) is 5. The normalized spacial score (nSPS) is 14.5. The van der Waals surface area contributed by atoms with E-state index in [0.29, 0.717) is 0 Å². The van der Waals surface area contributed by atoms with Gasteiger partial charge in [0.05, 0.1) is 22.7 Å². The summed E-state index contributed by atoms with van der Waals surface area (Å²) >= 11 is 1.63. The topological polar surface area (TPSA) is 67.1 Å². The van der Waals surface area contributed by atoms with Gasteiger partial charge in [-0.15, -0.1) is 0 Å². The van der Waals surface area contributed by atoms with Crippen molar-refractivity contribution in [3.8, 4) is 27.4 Å². The van der Waals surface area contributed by atoms with Gasteiger partial charge in [0.1, 0.15) is 5.75 Å². The zero-order chi connectivity index (χ0) is 23.3. The minimum absolute atomic E-state index is 0.275. The zero-order valence-electron chi connectivity index (χ0n) is 19.2. The Labute approximate surface area is 203 Å². The van der Waals surface area contributed by atoms with Crippen LogP contribution in [0.5, 0.6) is 5.75 Å². The van der Waals surface area contributed by atoms with Crippen molar-refractivity contribution >= 4 is 22.3 Å². The summed E-state index contributed by atoms with van der Waals surface area (Å²) < 4.78 is 7.97. The largest absolute Gasteiger partial charge is 0.494 e. The molecule has 0 amide bonds. The van der Waals surface area contributed by atoms with Gasteiger partial charge >= 0.3 is 5.97 Å². The van der Waals surface area contributed by atoms with Crippen molar-refractivity contribution in [2.45, 2.75) is 32.1 Å². The van der Waals surface area contributed by atoms with Crippen LogP contribution in [0.1, 0.15) is 42.5 Å². The fourth-order valence-corrected chi connectivity index (χ4v) is 5.35. The van der Waals surface area contributed by atoms with E-state index >= 15 is 0 Å². The van der Waals surface area contributed by atoms with Gasteiger partial charge in [0, 0.05) is 18.0 Å². The number of hydrogen-bond donors (Lipinski definition) is 1. The van der Waals surface area contributed by atoms with E-state index in [4.69, 9.17) is 14.8 Å². The number of unbranched alkanes of at least 4 members (excludes halogenated alkanes) is 1. The van der Waals surface area contributed by atoms with E-state index < -0.39 is 5.97 Å². The molecule has 7 heteroatoms. The third-order valence-corrected chi connectivity index (χ3v) is 7.35. The van der Waals surface area contributed by atoms with Crippen LogP contribution >= 0.6 is 11.3 Å². The molecule has 2 aromatic heterocycles. The van der Waals surface area contributed by atoms with E-state index in [9.17, 15) is 4.79 Å². The maximum atomic E-state index is 11.0. The number of likely N-dealkylation sites (tertiary alicyclic amines) is 1. The number of aromatic nitrogens is 2. The molecular formula is C27H29N3O3S. The van der Waals surface area contributed by atoms with Crippen LogP contribution in [-0.4, -0.2) is 51.6 Å². The number of nitrogens with zero attached hydrogens (tertiary/aromatic N) is 3. The van der Waals surface area contributed by atoms with Crippen molar-refractivity contribution in [2.24, 2.45) is 0 Å². The first kappa shape index (κ1) is 22.6. The van der Waals surface area contributed by atoms with Crippen LogP contribution in [0.25, 0.3) is 26.7 Å². The van der Waals surface area contributed by atoms with E-state index in [1.807, 2.05) is 22.7 Å². The summed E-state index contributed by atoms with van der Waals surface area (Å²) in [6.07, 6.45) is 10.4. The molecule has 5 rings (SSSR count). The van der Waals surface area contributed by atoms with Gasteiger partial charge in [-0.25, -0.2) is 9.78 Å². The molecule has 4 aromatic rings. The van der Waals surface area contributed by atoms with Crippen molar-refractivity contribution in [3.05, 3.63) is 66.5 Å². The maximum Gasteiger partial charge on any atom is 0.335 e. The van der Waals surface area contributed by atoms with Crippen LogP contribution < -0.4 is 4.74 Å². The Bertz CT molecular complexity index is 1210. The first-order chi connectivity index (χ1) is 16.7. The van der Waals surface area contributed by atoms with E-state index in [1.54, 1.807) is 35.6 Å². The first-order valence-corrected chi connectivity index (χ1v) is 12.8. The Balaban J connectivity index is 1.15. The van der Waals surface area contributed by atoms with E-state index in [0.717, 1.165) is 45.4 Å². The number of aromatic carboxylic acids is 1. The summed E-state index contributed by atoms with van der Waals surface area (Å²) in [4.78, 5) is 20.4. The van der Waals surface area contributed by atoms with Crippen LogP contribution in [0.2, 0.25) is 0 Å². The highest BCUT2D eigenvalue weighted by Gasteiger charge is 2.11. The Kier molecular flexibility index (Phi) is 6.92. The summed E-state index contributed by atoms with van der Waals surface area (Å²) in [5.41, 5.74) is 3.15. The number of imidazole rings is 1. The Morgan fingerprint density at radius 3 is 2.38 bits per heavy atom. The van der Waals surface area contributed by atoms with Gasteiger partial charge in [0.15, 0.2) is 4.96 Å². The number of benzene rings is 2. The highest BCUT2D eigenvalue weighted by molar-refractivity contribution is 7.20. The fourth-order valence-electron chi connectivity index (χ4n) is 4.38. The van der Waals surface area contributed by atoms with Crippen molar-refractivity contribution in [1.29, 1.82) is 0 Å². The van der Waals surface area contributed by atoms with Gasteiger partial charge in [-0.2, -0.15) is 0 Å². The molecule has 6 nitrogen and oxygen atoms in total. The summed E-state index contributed by atoms with van der Waals surface area (Å²) in [5, 5.41) is 9.07. The quantitative estimate of drug-likeness (QED) is 0.298. The number of carboxylic acids is 1. The van der Waals surface area contributed by atoms with E-state index in [-0.39, 0.29) is 5.56 Å². The van der Waals surface area contributed by atoms with Gasteiger partial charge in [-0.3, -0.25) is 4.40 Å².